The molecule has 0 aromatic heterocycles. The summed E-state index contributed by atoms with van der Waals surface area (Å²) in [5, 5.41) is 2.88. The first-order valence-corrected chi connectivity index (χ1v) is 9.65. The van der Waals surface area contributed by atoms with Crippen LogP contribution in [-0.4, -0.2) is 49.7 Å². The lowest BCUT2D eigenvalue weighted by Gasteiger charge is -2.29. The number of para-hydroxylation sites is 1. The van der Waals surface area contributed by atoms with Crippen molar-refractivity contribution in [2.45, 2.75) is 10.9 Å². The highest BCUT2D eigenvalue weighted by atomic mass is 32.2. The summed E-state index contributed by atoms with van der Waals surface area (Å²) >= 11 is 1.48. The predicted octanol–water partition coefficient (Wildman–Crippen LogP) is 2.68. The molecule has 0 saturated heterocycles. The van der Waals surface area contributed by atoms with Crippen LogP contribution in [0.2, 0.25) is 0 Å². The Balaban J connectivity index is 1.66. The Morgan fingerprint density at radius 1 is 1.26 bits per heavy atom. The summed E-state index contributed by atoms with van der Waals surface area (Å²) in [4.78, 5) is 29.2. The molecule has 0 fully saturated rings. The average Bonchev–Trinajstić information content (AvgIpc) is 2.64. The lowest BCUT2D eigenvalue weighted by Crippen LogP contribution is -2.45. The van der Waals surface area contributed by atoms with E-state index < -0.39 is 0 Å². The number of halogens is 1. The van der Waals surface area contributed by atoms with E-state index in [0.717, 1.165) is 16.1 Å². The van der Waals surface area contributed by atoms with Crippen molar-refractivity contribution in [2.24, 2.45) is 0 Å². The molecule has 1 aliphatic rings. The van der Waals surface area contributed by atoms with Gasteiger partial charge in [-0.2, -0.15) is 0 Å². The van der Waals surface area contributed by atoms with Crippen LogP contribution in [0.1, 0.15) is 11.6 Å². The SMILES string of the molecule is CN(C)[C@H](CNC(=O)CN1C(=O)CSc2ccccc21)c1cccc(F)c1. The summed E-state index contributed by atoms with van der Waals surface area (Å²) in [5.41, 5.74) is 1.55. The van der Waals surface area contributed by atoms with Gasteiger partial charge in [0.25, 0.3) is 0 Å². The van der Waals surface area contributed by atoms with Crippen molar-refractivity contribution in [2.75, 3.05) is 37.8 Å². The first-order valence-electron chi connectivity index (χ1n) is 8.66. The van der Waals surface area contributed by atoms with Gasteiger partial charge in [-0.25, -0.2) is 4.39 Å². The van der Waals surface area contributed by atoms with Crippen molar-refractivity contribution in [3.63, 3.8) is 0 Å². The number of carbonyl (C=O) groups is 2. The van der Waals surface area contributed by atoms with Gasteiger partial charge in [0, 0.05) is 11.4 Å². The molecule has 0 aliphatic carbocycles. The lowest BCUT2D eigenvalue weighted by atomic mass is 10.1. The second kappa shape index (κ2) is 8.54. The number of nitrogens with one attached hydrogen (secondary N) is 1. The first-order chi connectivity index (χ1) is 13.0. The van der Waals surface area contributed by atoms with Crippen molar-refractivity contribution in [3.8, 4) is 0 Å². The maximum Gasteiger partial charge on any atom is 0.240 e. The van der Waals surface area contributed by atoms with Gasteiger partial charge in [-0.05, 0) is 43.9 Å². The van der Waals surface area contributed by atoms with Crippen molar-refractivity contribution >= 4 is 29.3 Å². The van der Waals surface area contributed by atoms with Crippen LogP contribution in [0.4, 0.5) is 10.1 Å². The third-order valence-corrected chi connectivity index (χ3v) is 5.51. The normalized spacial score (nSPS) is 14.8. The first kappa shape index (κ1) is 19.4. The molecule has 0 bridgehead atoms. The maximum absolute atomic E-state index is 13.5. The van der Waals surface area contributed by atoms with Crippen molar-refractivity contribution in [1.82, 2.24) is 10.2 Å². The van der Waals surface area contributed by atoms with E-state index in [2.05, 4.69) is 5.32 Å². The molecule has 0 spiro atoms. The molecule has 142 valence electrons. The topological polar surface area (TPSA) is 52.7 Å². The molecule has 5 nitrogen and oxygen atoms in total. The fourth-order valence-electron chi connectivity index (χ4n) is 3.05. The summed E-state index contributed by atoms with van der Waals surface area (Å²) in [5.74, 6) is -0.302. The number of hydrogen-bond acceptors (Lipinski definition) is 4. The summed E-state index contributed by atoms with van der Waals surface area (Å²) in [6.07, 6.45) is 0. The van der Waals surface area contributed by atoms with Crippen LogP contribution in [0.5, 0.6) is 0 Å². The molecule has 2 amide bonds. The van der Waals surface area contributed by atoms with E-state index in [4.69, 9.17) is 0 Å². The molecule has 1 aliphatic heterocycles. The molecule has 0 unspecified atom stereocenters. The third-order valence-electron chi connectivity index (χ3n) is 4.46. The summed E-state index contributed by atoms with van der Waals surface area (Å²) in [6.45, 7) is 0.299. The number of anilines is 1. The van der Waals surface area contributed by atoms with Gasteiger partial charge in [0.2, 0.25) is 11.8 Å². The average molecular weight is 387 g/mol. The van der Waals surface area contributed by atoms with Gasteiger partial charge >= 0.3 is 0 Å². The van der Waals surface area contributed by atoms with E-state index in [1.807, 2.05) is 49.3 Å². The molecule has 0 saturated carbocycles. The second-order valence-electron chi connectivity index (χ2n) is 6.57. The highest BCUT2D eigenvalue weighted by Crippen LogP contribution is 2.34. The Morgan fingerprint density at radius 2 is 2.04 bits per heavy atom. The van der Waals surface area contributed by atoms with Gasteiger partial charge in [-0.15, -0.1) is 11.8 Å². The Labute approximate surface area is 162 Å². The van der Waals surface area contributed by atoms with Gasteiger partial charge in [0.1, 0.15) is 12.4 Å². The number of nitrogens with zero attached hydrogens (tertiary/aromatic N) is 2. The molecule has 0 radical (unpaired) electrons. The Kier molecular flexibility index (Phi) is 6.13. The summed E-state index contributed by atoms with van der Waals surface area (Å²) in [7, 11) is 3.76. The summed E-state index contributed by atoms with van der Waals surface area (Å²) < 4.78 is 13.5. The van der Waals surface area contributed by atoms with Gasteiger partial charge in [0.15, 0.2) is 0 Å². The van der Waals surface area contributed by atoms with Crippen molar-refractivity contribution in [3.05, 3.63) is 59.9 Å². The number of amides is 2. The quantitative estimate of drug-likeness (QED) is 0.828. The molecule has 1 N–H and O–H groups in total. The molecule has 2 aromatic carbocycles. The molecular formula is C20H22FN3O2S. The number of hydrogen-bond donors (Lipinski definition) is 1. The van der Waals surface area contributed by atoms with E-state index in [1.165, 1.54) is 28.8 Å². The monoisotopic (exact) mass is 387 g/mol. The van der Waals surface area contributed by atoms with Crippen LogP contribution in [0.3, 0.4) is 0 Å². The fraction of sp³-hybridized carbons (Fsp3) is 0.300. The minimum absolute atomic E-state index is 0.0281. The predicted molar refractivity (Wildman–Crippen MR) is 105 cm³/mol. The number of fused-ring (bicyclic) bond motifs is 1. The molecule has 27 heavy (non-hydrogen) atoms. The highest BCUT2D eigenvalue weighted by Gasteiger charge is 2.26. The van der Waals surface area contributed by atoms with E-state index in [9.17, 15) is 14.0 Å². The second-order valence-corrected chi connectivity index (χ2v) is 7.59. The largest absolute Gasteiger partial charge is 0.353 e. The van der Waals surface area contributed by atoms with Gasteiger partial charge in [-0.3, -0.25) is 9.59 Å². The van der Waals surface area contributed by atoms with Crippen LogP contribution in [0, 0.1) is 5.82 Å². The number of likely N-dealkylation sites (N-methyl/N-ethyl adjacent to an activating group) is 1. The standard InChI is InChI=1S/C20H22FN3O2S/c1-23(2)17(14-6-5-7-15(21)10-14)11-22-19(25)12-24-16-8-3-4-9-18(16)27-13-20(24)26/h3-10,17H,11-13H2,1-2H3,(H,22,25)/t17-/m1/s1. The number of benzene rings is 2. The minimum atomic E-state index is -0.307. The van der Waals surface area contributed by atoms with E-state index >= 15 is 0 Å². The van der Waals surface area contributed by atoms with Crippen molar-refractivity contribution in [1.29, 1.82) is 0 Å². The number of thioether (sulfide) groups is 1. The van der Waals surface area contributed by atoms with Gasteiger partial charge in [-0.1, -0.05) is 24.3 Å². The van der Waals surface area contributed by atoms with E-state index in [1.54, 1.807) is 6.07 Å². The molecule has 7 heteroatoms. The van der Waals surface area contributed by atoms with Crippen LogP contribution < -0.4 is 10.2 Å². The van der Waals surface area contributed by atoms with Gasteiger partial charge < -0.3 is 15.1 Å². The van der Waals surface area contributed by atoms with Crippen LogP contribution in [-0.2, 0) is 9.59 Å². The Morgan fingerprint density at radius 3 is 2.78 bits per heavy atom. The van der Waals surface area contributed by atoms with Crippen LogP contribution in [0.15, 0.2) is 53.4 Å². The smallest absolute Gasteiger partial charge is 0.240 e. The Hall–Kier alpha value is -2.38. The molecule has 1 heterocycles. The lowest BCUT2D eigenvalue weighted by molar-refractivity contribution is -0.123. The summed E-state index contributed by atoms with van der Waals surface area (Å²) in [6, 6.07) is 13.8. The number of rotatable bonds is 6. The fourth-order valence-corrected chi connectivity index (χ4v) is 3.99. The van der Waals surface area contributed by atoms with E-state index in [-0.39, 0.29) is 30.2 Å². The van der Waals surface area contributed by atoms with Gasteiger partial charge in [0.05, 0.1) is 17.5 Å². The van der Waals surface area contributed by atoms with Crippen LogP contribution in [0.25, 0.3) is 0 Å². The highest BCUT2D eigenvalue weighted by molar-refractivity contribution is 8.00. The molecule has 2 aromatic rings. The third kappa shape index (κ3) is 4.67. The maximum atomic E-state index is 13.5. The zero-order chi connectivity index (χ0) is 19.4. The molecular weight excluding hydrogens is 365 g/mol. The number of carbonyl (C=O) groups excluding carboxylic acids is 2. The molecule has 1 atom stereocenters. The molecule has 3 rings (SSSR count). The van der Waals surface area contributed by atoms with Crippen molar-refractivity contribution < 1.29 is 14.0 Å². The van der Waals surface area contributed by atoms with Crippen LogP contribution >= 0.6 is 11.8 Å². The zero-order valence-corrected chi connectivity index (χ0v) is 16.1. The Bertz CT molecular complexity index is 843. The zero-order valence-electron chi connectivity index (χ0n) is 15.3. The minimum Gasteiger partial charge on any atom is -0.353 e. The van der Waals surface area contributed by atoms with E-state index in [0.29, 0.717) is 12.3 Å².